The Balaban J connectivity index is 1.74. The molecule has 0 bridgehead atoms. The fourth-order valence-electron chi connectivity index (χ4n) is 3.02. The Labute approximate surface area is 146 Å². The quantitative estimate of drug-likeness (QED) is 0.924. The molecule has 6 heteroatoms. The van der Waals surface area contributed by atoms with E-state index in [4.69, 9.17) is 10.5 Å². The summed E-state index contributed by atoms with van der Waals surface area (Å²) in [5.74, 6) is 0.843. The van der Waals surface area contributed by atoms with Crippen LogP contribution in [0.2, 0.25) is 0 Å². The molecule has 0 aliphatic carbocycles. The highest BCUT2D eigenvalue weighted by Crippen LogP contribution is 2.27. The smallest absolute Gasteiger partial charge is 0.273 e. The molecule has 1 aromatic heterocycles. The molecule has 2 aromatic rings. The van der Waals surface area contributed by atoms with Crippen molar-refractivity contribution in [1.29, 1.82) is 0 Å². The largest absolute Gasteiger partial charge is 0.494 e. The summed E-state index contributed by atoms with van der Waals surface area (Å²) < 4.78 is 5.45. The molecular weight excluding hydrogens is 322 g/mol. The number of amides is 1. The van der Waals surface area contributed by atoms with Crippen LogP contribution in [0.15, 0.2) is 29.6 Å². The third-order valence-electron chi connectivity index (χ3n) is 4.31. The minimum absolute atomic E-state index is 0.00263. The fraction of sp³-hybridized carbons (Fsp3) is 0.444. The first-order chi connectivity index (χ1) is 11.6. The first-order valence-corrected chi connectivity index (χ1v) is 9.21. The van der Waals surface area contributed by atoms with Crippen LogP contribution in [0.5, 0.6) is 5.75 Å². The molecule has 0 unspecified atom stereocenters. The number of nitrogens with two attached hydrogens (primary N) is 1. The maximum atomic E-state index is 12.7. The minimum atomic E-state index is 0.00263. The minimum Gasteiger partial charge on any atom is -0.494 e. The molecule has 1 aliphatic rings. The van der Waals surface area contributed by atoms with Gasteiger partial charge in [-0.1, -0.05) is 0 Å². The van der Waals surface area contributed by atoms with E-state index in [0.717, 1.165) is 29.2 Å². The standard InChI is InChI=1S/C18H23N3O2S/c1-3-23-15-6-4-13(5-7-15)17-20-16(11-24-17)18(22)21-9-8-14(19)10-12(21)2/h4-7,11-12,14H,3,8-10,19H2,1-2H3/t12-,14-/m0/s1. The topological polar surface area (TPSA) is 68.5 Å². The van der Waals surface area contributed by atoms with Crippen LogP contribution in [-0.4, -0.2) is 41.0 Å². The summed E-state index contributed by atoms with van der Waals surface area (Å²) in [6, 6.07) is 8.16. The van der Waals surface area contributed by atoms with Crippen molar-refractivity contribution in [2.24, 2.45) is 5.73 Å². The van der Waals surface area contributed by atoms with E-state index in [2.05, 4.69) is 11.9 Å². The van der Waals surface area contributed by atoms with Crippen molar-refractivity contribution >= 4 is 17.2 Å². The van der Waals surface area contributed by atoms with Gasteiger partial charge in [0, 0.05) is 29.6 Å². The van der Waals surface area contributed by atoms with E-state index in [1.54, 1.807) is 0 Å². The lowest BCUT2D eigenvalue weighted by atomic mass is 9.99. The van der Waals surface area contributed by atoms with Gasteiger partial charge in [-0.3, -0.25) is 4.79 Å². The van der Waals surface area contributed by atoms with Gasteiger partial charge < -0.3 is 15.4 Å². The molecule has 1 fully saturated rings. The van der Waals surface area contributed by atoms with Gasteiger partial charge in [0.05, 0.1) is 6.61 Å². The molecule has 0 radical (unpaired) electrons. The number of benzene rings is 1. The molecule has 0 saturated carbocycles. The van der Waals surface area contributed by atoms with Crippen LogP contribution < -0.4 is 10.5 Å². The molecule has 1 aliphatic heterocycles. The Morgan fingerprint density at radius 1 is 1.42 bits per heavy atom. The van der Waals surface area contributed by atoms with Gasteiger partial charge in [0.2, 0.25) is 0 Å². The molecule has 0 spiro atoms. The molecule has 24 heavy (non-hydrogen) atoms. The van der Waals surface area contributed by atoms with Crippen molar-refractivity contribution in [2.75, 3.05) is 13.2 Å². The first kappa shape index (κ1) is 16.9. The third-order valence-corrected chi connectivity index (χ3v) is 5.20. The number of likely N-dealkylation sites (tertiary alicyclic amines) is 1. The predicted molar refractivity (Wildman–Crippen MR) is 96.4 cm³/mol. The monoisotopic (exact) mass is 345 g/mol. The number of piperidine rings is 1. The molecule has 128 valence electrons. The van der Waals surface area contributed by atoms with Gasteiger partial charge in [0.1, 0.15) is 16.5 Å². The summed E-state index contributed by atoms with van der Waals surface area (Å²) in [5, 5.41) is 2.69. The average molecular weight is 345 g/mol. The van der Waals surface area contributed by atoms with Crippen molar-refractivity contribution < 1.29 is 9.53 Å². The number of ether oxygens (including phenoxy) is 1. The number of hydrogen-bond acceptors (Lipinski definition) is 5. The van der Waals surface area contributed by atoms with Gasteiger partial charge in [0.15, 0.2) is 0 Å². The molecule has 2 heterocycles. The van der Waals surface area contributed by atoms with E-state index < -0.39 is 0 Å². The van der Waals surface area contributed by atoms with Crippen molar-refractivity contribution in [3.63, 3.8) is 0 Å². The fourth-order valence-corrected chi connectivity index (χ4v) is 3.82. The van der Waals surface area contributed by atoms with E-state index in [1.807, 2.05) is 41.5 Å². The van der Waals surface area contributed by atoms with Crippen molar-refractivity contribution in [1.82, 2.24) is 9.88 Å². The molecule has 3 rings (SSSR count). The van der Waals surface area contributed by atoms with E-state index in [1.165, 1.54) is 11.3 Å². The zero-order valence-corrected chi connectivity index (χ0v) is 14.9. The second-order valence-electron chi connectivity index (χ2n) is 6.13. The van der Waals surface area contributed by atoms with Crippen LogP contribution in [-0.2, 0) is 0 Å². The van der Waals surface area contributed by atoms with E-state index in [9.17, 15) is 4.79 Å². The summed E-state index contributed by atoms with van der Waals surface area (Å²) in [5.41, 5.74) is 7.49. The number of nitrogens with zero attached hydrogens (tertiary/aromatic N) is 2. The van der Waals surface area contributed by atoms with Crippen molar-refractivity contribution in [3.8, 4) is 16.3 Å². The molecule has 1 saturated heterocycles. The van der Waals surface area contributed by atoms with Gasteiger partial charge in [-0.15, -0.1) is 11.3 Å². The Kier molecular flexibility index (Phi) is 5.16. The van der Waals surface area contributed by atoms with Crippen LogP contribution in [0, 0.1) is 0 Å². The molecule has 2 atom stereocenters. The van der Waals surface area contributed by atoms with Crippen LogP contribution in [0.1, 0.15) is 37.2 Å². The molecule has 1 amide bonds. The maximum Gasteiger partial charge on any atom is 0.273 e. The summed E-state index contributed by atoms with van der Waals surface area (Å²) in [6.45, 7) is 5.36. The Hall–Kier alpha value is -1.92. The highest BCUT2D eigenvalue weighted by Gasteiger charge is 2.29. The zero-order chi connectivity index (χ0) is 17.1. The number of carbonyl (C=O) groups excluding carboxylic acids is 1. The van der Waals surface area contributed by atoms with E-state index in [0.29, 0.717) is 18.8 Å². The summed E-state index contributed by atoms with van der Waals surface area (Å²) in [7, 11) is 0. The zero-order valence-electron chi connectivity index (χ0n) is 14.1. The van der Waals surface area contributed by atoms with Crippen LogP contribution >= 0.6 is 11.3 Å². The summed E-state index contributed by atoms with van der Waals surface area (Å²) in [6.07, 6.45) is 1.70. The third kappa shape index (κ3) is 3.60. The highest BCUT2D eigenvalue weighted by molar-refractivity contribution is 7.13. The number of rotatable bonds is 4. The van der Waals surface area contributed by atoms with Crippen molar-refractivity contribution in [2.45, 2.75) is 38.8 Å². The van der Waals surface area contributed by atoms with Crippen LogP contribution in [0.4, 0.5) is 0 Å². The lowest BCUT2D eigenvalue weighted by molar-refractivity contribution is 0.0614. The average Bonchev–Trinajstić information content (AvgIpc) is 3.05. The number of aromatic nitrogens is 1. The normalized spacial score (nSPS) is 20.9. The number of hydrogen-bond donors (Lipinski definition) is 1. The van der Waals surface area contributed by atoms with Gasteiger partial charge >= 0.3 is 0 Å². The summed E-state index contributed by atoms with van der Waals surface area (Å²) >= 11 is 1.49. The van der Waals surface area contributed by atoms with Crippen LogP contribution in [0.25, 0.3) is 10.6 Å². The number of carbonyl (C=O) groups is 1. The van der Waals surface area contributed by atoms with E-state index >= 15 is 0 Å². The Morgan fingerprint density at radius 2 is 2.17 bits per heavy atom. The first-order valence-electron chi connectivity index (χ1n) is 8.33. The Bertz CT molecular complexity index is 699. The molecule has 1 aromatic carbocycles. The van der Waals surface area contributed by atoms with Gasteiger partial charge in [0.25, 0.3) is 5.91 Å². The molecular formula is C18H23N3O2S. The van der Waals surface area contributed by atoms with Gasteiger partial charge in [-0.25, -0.2) is 4.98 Å². The molecule has 5 nitrogen and oxygen atoms in total. The maximum absolute atomic E-state index is 12.7. The second-order valence-corrected chi connectivity index (χ2v) is 6.99. The number of thiazole rings is 1. The van der Waals surface area contributed by atoms with Crippen LogP contribution in [0.3, 0.4) is 0 Å². The van der Waals surface area contributed by atoms with Gasteiger partial charge in [-0.05, 0) is 51.0 Å². The van der Waals surface area contributed by atoms with Gasteiger partial charge in [-0.2, -0.15) is 0 Å². The lowest BCUT2D eigenvalue weighted by Gasteiger charge is -2.35. The Morgan fingerprint density at radius 3 is 2.83 bits per heavy atom. The molecule has 2 N–H and O–H groups in total. The highest BCUT2D eigenvalue weighted by atomic mass is 32.1. The van der Waals surface area contributed by atoms with Crippen molar-refractivity contribution in [3.05, 3.63) is 35.3 Å². The summed E-state index contributed by atoms with van der Waals surface area (Å²) in [4.78, 5) is 19.1. The lowest BCUT2D eigenvalue weighted by Crippen LogP contribution is -2.48. The second kappa shape index (κ2) is 7.32. The van der Waals surface area contributed by atoms with E-state index in [-0.39, 0.29) is 18.0 Å². The SMILES string of the molecule is CCOc1ccc(-c2nc(C(=O)N3CC[C@H](N)C[C@@H]3C)cs2)cc1. The predicted octanol–water partition coefficient (Wildman–Crippen LogP) is 3.16.